The predicted octanol–water partition coefficient (Wildman–Crippen LogP) is 2.47. The van der Waals surface area contributed by atoms with Crippen LogP contribution in [0.15, 0.2) is 30.5 Å². The molecule has 2 heteroatoms. The fourth-order valence-corrected chi connectivity index (χ4v) is 1.48. The number of hydrogen-bond acceptors (Lipinski definition) is 2. The second-order valence-electron chi connectivity index (χ2n) is 2.95. The predicted molar refractivity (Wildman–Crippen MR) is 49.4 cm³/mol. The largest absolute Gasteiger partial charge is 0.496 e. The van der Waals surface area contributed by atoms with Crippen molar-refractivity contribution in [2.45, 2.75) is 13.0 Å². The monoisotopic (exact) mass is 171 g/mol. The van der Waals surface area contributed by atoms with E-state index in [1.54, 1.807) is 6.26 Å². The summed E-state index contributed by atoms with van der Waals surface area (Å²) in [5.41, 5.74) is 3.29. The summed E-state index contributed by atoms with van der Waals surface area (Å²) in [5.74, 6) is 0. The smallest absolute Gasteiger partial charge is 0.113 e. The molecule has 1 heterocycles. The van der Waals surface area contributed by atoms with Gasteiger partial charge in [0.05, 0.1) is 18.8 Å². The Kier molecular flexibility index (Phi) is 2.01. The van der Waals surface area contributed by atoms with E-state index in [0.717, 1.165) is 16.7 Å². The average Bonchev–Trinajstić information content (AvgIpc) is 2.19. The van der Waals surface area contributed by atoms with Gasteiger partial charge >= 0.3 is 0 Å². The lowest BCUT2D eigenvalue weighted by Gasteiger charge is -2.15. The summed E-state index contributed by atoms with van der Waals surface area (Å²) in [5, 5.41) is 8.60. The zero-order valence-corrected chi connectivity index (χ0v) is 7.16. The van der Waals surface area contributed by atoms with E-state index in [4.69, 9.17) is 10.00 Å². The Balaban J connectivity index is 2.42. The highest BCUT2D eigenvalue weighted by Crippen LogP contribution is 2.26. The SMILES string of the molecule is N#CCC1=COCc2ccccc21. The normalized spacial score (nSPS) is 13.6. The highest BCUT2D eigenvalue weighted by molar-refractivity contribution is 5.69. The van der Waals surface area contributed by atoms with Crippen molar-refractivity contribution in [2.24, 2.45) is 0 Å². The Morgan fingerprint density at radius 1 is 1.38 bits per heavy atom. The molecule has 2 nitrogen and oxygen atoms in total. The van der Waals surface area contributed by atoms with Gasteiger partial charge in [-0.25, -0.2) is 0 Å². The number of allylic oxidation sites excluding steroid dienone is 1. The van der Waals surface area contributed by atoms with Crippen LogP contribution in [0.2, 0.25) is 0 Å². The molecule has 0 saturated heterocycles. The van der Waals surface area contributed by atoms with E-state index in [2.05, 4.69) is 6.07 Å². The summed E-state index contributed by atoms with van der Waals surface area (Å²) in [7, 11) is 0. The molecule has 0 N–H and O–H groups in total. The molecule has 0 aromatic heterocycles. The molecule has 0 fully saturated rings. The standard InChI is InChI=1S/C11H9NO/c12-6-5-10-8-13-7-9-3-1-2-4-11(9)10/h1-4,8H,5,7H2. The molecule has 0 bridgehead atoms. The van der Waals surface area contributed by atoms with Crippen LogP contribution in [0.1, 0.15) is 17.5 Å². The van der Waals surface area contributed by atoms with Crippen LogP contribution in [0.3, 0.4) is 0 Å². The van der Waals surface area contributed by atoms with Gasteiger partial charge in [-0.05, 0) is 11.1 Å². The molecule has 2 rings (SSSR count). The summed E-state index contributed by atoms with van der Waals surface area (Å²) >= 11 is 0. The van der Waals surface area contributed by atoms with Crippen molar-refractivity contribution in [3.8, 4) is 6.07 Å². The van der Waals surface area contributed by atoms with E-state index in [-0.39, 0.29) is 0 Å². The van der Waals surface area contributed by atoms with Crippen LogP contribution < -0.4 is 0 Å². The number of nitriles is 1. The van der Waals surface area contributed by atoms with Gasteiger partial charge in [-0.15, -0.1) is 0 Å². The van der Waals surface area contributed by atoms with Gasteiger partial charge in [-0.2, -0.15) is 5.26 Å². The molecular weight excluding hydrogens is 162 g/mol. The van der Waals surface area contributed by atoms with Gasteiger partial charge < -0.3 is 4.74 Å². The third kappa shape index (κ3) is 1.41. The number of benzene rings is 1. The summed E-state index contributed by atoms with van der Waals surface area (Å²) in [6.45, 7) is 0.616. The molecule has 0 spiro atoms. The number of rotatable bonds is 1. The van der Waals surface area contributed by atoms with Gasteiger partial charge in [0.15, 0.2) is 0 Å². The minimum absolute atomic E-state index is 0.414. The molecule has 1 aliphatic heterocycles. The number of hydrogen-bond donors (Lipinski definition) is 0. The first kappa shape index (κ1) is 7.88. The summed E-state index contributed by atoms with van der Waals surface area (Å²) < 4.78 is 5.25. The Labute approximate surface area is 77.1 Å². The molecule has 1 aromatic carbocycles. The van der Waals surface area contributed by atoms with Gasteiger partial charge in [0.1, 0.15) is 6.61 Å². The van der Waals surface area contributed by atoms with Gasteiger partial charge in [0, 0.05) is 5.57 Å². The van der Waals surface area contributed by atoms with Crippen LogP contribution in [-0.4, -0.2) is 0 Å². The first-order valence-electron chi connectivity index (χ1n) is 4.17. The van der Waals surface area contributed by atoms with Gasteiger partial charge in [0.25, 0.3) is 0 Å². The molecule has 0 radical (unpaired) electrons. The quantitative estimate of drug-likeness (QED) is 0.650. The zero-order valence-electron chi connectivity index (χ0n) is 7.16. The number of fused-ring (bicyclic) bond motifs is 1. The van der Waals surface area contributed by atoms with Crippen molar-refractivity contribution in [1.82, 2.24) is 0 Å². The minimum Gasteiger partial charge on any atom is -0.496 e. The Bertz CT molecular complexity index is 387. The van der Waals surface area contributed by atoms with Crippen molar-refractivity contribution < 1.29 is 4.74 Å². The molecule has 0 atom stereocenters. The first-order valence-corrected chi connectivity index (χ1v) is 4.17. The molecule has 0 amide bonds. The van der Waals surface area contributed by atoms with E-state index in [1.165, 1.54) is 0 Å². The van der Waals surface area contributed by atoms with E-state index >= 15 is 0 Å². The fraction of sp³-hybridized carbons (Fsp3) is 0.182. The van der Waals surface area contributed by atoms with Crippen LogP contribution in [0.4, 0.5) is 0 Å². The molecule has 1 aromatic rings. The Morgan fingerprint density at radius 3 is 3.08 bits per heavy atom. The molecule has 1 aliphatic rings. The number of nitrogens with zero attached hydrogens (tertiary/aromatic N) is 1. The van der Waals surface area contributed by atoms with Crippen LogP contribution in [-0.2, 0) is 11.3 Å². The van der Waals surface area contributed by atoms with Crippen molar-refractivity contribution in [3.63, 3.8) is 0 Å². The topological polar surface area (TPSA) is 33.0 Å². The maximum absolute atomic E-state index is 8.60. The lowest BCUT2D eigenvalue weighted by atomic mass is 9.98. The Hall–Kier alpha value is -1.75. The summed E-state index contributed by atoms with van der Waals surface area (Å²) in [6, 6.07) is 10.2. The van der Waals surface area contributed by atoms with Gasteiger partial charge in [0.2, 0.25) is 0 Å². The Morgan fingerprint density at radius 2 is 2.23 bits per heavy atom. The van der Waals surface area contributed by atoms with Crippen LogP contribution in [0.5, 0.6) is 0 Å². The van der Waals surface area contributed by atoms with Crippen molar-refractivity contribution in [1.29, 1.82) is 5.26 Å². The van der Waals surface area contributed by atoms with E-state index in [9.17, 15) is 0 Å². The molecule has 0 unspecified atom stereocenters. The second kappa shape index (κ2) is 3.32. The van der Waals surface area contributed by atoms with E-state index < -0.39 is 0 Å². The molecule has 64 valence electrons. The third-order valence-electron chi connectivity index (χ3n) is 2.10. The molecule has 0 saturated carbocycles. The molecule has 0 aliphatic carbocycles. The van der Waals surface area contributed by atoms with E-state index in [1.807, 2.05) is 24.3 Å². The van der Waals surface area contributed by atoms with Crippen LogP contribution in [0.25, 0.3) is 5.57 Å². The van der Waals surface area contributed by atoms with Gasteiger partial charge in [-0.1, -0.05) is 24.3 Å². The third-order valence-corrected chi connectivity index (χ3v) is 2.10. The summed E-state index contributed by atoms with van der Waals surface area (Å²) in [4.78, 5) is 0. The summed E-state index contributed by atoms with van der Waals surface area (Å²) in [6.07, 6.45) is 2.10. The average molecular weight is 171 g/mol. The van der Waals surface area contributed by atoms with Crippen LogP contribution in [0, 0.1) is 11.3 Å². The lowest BCUT2D eigenvalue weighted by molar-refractivity contribution is 0.232. The van der Waals surface area contributed by atoms with Crippen molar-refractivity contribution in [2.75, 3.05) is 0 Å². The molecule has 13 heavy (non-hydrogen) atoms. The lowest BCUT2D eigenvalue weighted by Crippen LogP contribution is -2.00. The fourth-order valence-electron chi connectivity index (χ4n) is 1.48. The van der Waals surface area contributed by atoms with Crippen molar-refractivity contribution >= 4 is 5.57 Å². The molecular formula is C11H9NO. The minimum atomic E-state index is 0.414. The van der Waals surface area contributed by atoms with E-state index in [0.29, 0.717) is 13.0 Å². The highest BCUT2D eigenvalue weighted by atomic mass is 16.5. The number of ether oxygens (including phenoxy) is 1. The van der Waals surface area contributed by atoms with Crippen molar-refractivity contribution in [3.05, 3.63) is 41.7 Å². The van der Waals surface area contributed by atoms with Crippen LogP contribution >= 0.6 is 0 Å². The highest BCUT2D eigenvalue weighted by Gasteiger charge is 2.11. The maximum Gasteiger partial charge on any atom is 0.113 e. The first-order chi connectivity index (χ1) is 6.42. The zero-order chi connectivity index (χ0) is 9.10. The second-order valence-corrected chi connectivity index (χ2v) is 2.95. The van der Waals surface area contributed by atoms with Gasteiger partial charge in [-0.3, -0.25) is 0 Å². The maximum atomic E-state index is 8.60.